The summed E-state index contributed by atoms with van der Waals surface area (Å²) in [4.78, 5) is 9.65. The third-order valence-electron chi connectivity index (χ3n) is 6.79. The molecule has 5 rings (SSSR count). The topological polar surface area (TPSA) is 73.7 Å². The lowest BCUT2D eigenvalue weighted by atomic mass is 9.90. The highest BCUT2D eigenvalue weighted by atomic mass is 32.2. The molecule has 7 heteroatoms. The first-order valence-corrected chi connectivity index (χ1v) is 12.7. The van der Waals surface area contributed by atoms with E-state index in [0.717, 1.165) is 40.1 Å². The van der Waals surface area contributed by atoms with Crippen LogP contribution in [0.3, 0.4) is 0 Å². The van der Waals surface area contributed by atoms with Crippen molar-refractivity contribution in [3.8, 4) is 0 Å². The molecular formula is C25H29N3O3S. The molecule has 168 valence electrons. The Kier molecular flexibility index (Phi) is 4.94. The molecule has 0 bridgehead atoms. The van der Waals surface area contributed by atoms with E-state index >= 15 is 0 Å². The van der Waals surface area contributed by atoms with Crippen molar-refractivity contribution in [2.45, 2.75) is 38.3 Å². The van der Waals surface area contributed by atoms with E-state index in [1.807, 2.05) is 24.3 Å². The van der Waals surface area contributed by atoms with E-state index < -0.39 is 15.9 Å². The number of benzene rings is 2. The zero-order chi connectivity index (χ0) is 22.7. The molecule has 0 spiro atoms. The summed E-state index contributed by atoms with van der Waals surface area (Å²) >= 11 is 0. The molecule has 1 N–H and O–H groups in total. The second-order valence-electron chi connectivity index (χ2n) is 9.75. The molecule has 1 saturated heterocycles. The van der Waals surface area contributed by atoms with Crippen LogP contribution in [0.5, 0.6) is 0 Å². The molecule has 0 aliphatic carbocycles. The lowest BCUT2D eigenvalue weighted by Gasteiger charge is -2.27. The van der Waals surface area contributed by atoms with Crippen LogP contribution in [0.15, 0.2) is 53.4 Å². The van der Waals surface area contributed by atoms with Gasteiger partial charge in [-0.2, -0.15) is 0 Å². The standard InChI is InChI=1S/C25H29N3O3S/c1-17-8-9-20-19(12-17)21(28-15-23(29)25(2,3)16-28)13-24(26-20)27-10-11-32(30,31)22-7-5-4-6-18(22)14-27/h4-9,12-13,23,29H,10-11,14-16H2,1-3H3/t23-/m0/s1. The summed E-state index contributed by atoms with van der Waals surface area (Å²) < 4.78 is 25.6. The van der Waals surface area contributed by atoms with Crippen molar-refractivity contribution in [3.05, 3.63) is 59.7 Å². The van der Waals surface area contributed by atoms with Gasteiger partial charge < -0.3 is 14.9 Å². The van der Waals surface area contributed by atoms with E-state index in [-0.39, 0.29) is 11.2 Å². The number of anilines is 2. The zero-order valence-electron chi connectivity index (χ0n) is 18.7. The number of aliphatic hydroxyl groups is 1. The summed E-state index contributed by atoms with van der Waals surface area (Å²) in [6, 6.07) is 15.5. The average molecular weight is 452 g/mol. The van der Waals surface area contributed by atoms with Gasteiger partial charge in [0.25, 0.3) is 0 Å². The SMILES string of the molecule is Cc1ccc2nc(N3CCS(=O)(=O)c4ccccc4C3)cc(N3C[C@H](O)C(C)(C)C3)c2c1. The molecule has 0 radical (unpaired) electrons. The molecule has 2 aliphatic heterocycles. The number of fused-ring (bicyclic) bond motifs is 2. The van der Waals surface area contributed by atoms with E-state index in [0.29, 0.717) is 24.5 Å². The molecule has 6 nitrogen and oxygen atoms in total. The van der Waals surface area contributed by atoms with Gasteiger partial charge in [0.05, 0.1) is 22.3 Å². The van der Waals surface area contributed by atoms with Gasteiger partial charge in [0.1, 0.15) is 5.82 Å². The largest absolute Gasteiger partial charge is 0.391 e. The Balaban J connectivity index is 1.62. The fraction of sp³-hybridized carbons (Fsp3) is 0.400. The van der Waals surface area contributed by atoms with Crippen LogP contribution in [0, 0.1) is 12.3 Å². The molecular weight excluding hydrogens is 422 g/mol. The quantitative estimate of drug-likeness (QED) is 0.642. The molecule has 2 aliphatic rings. The minimum absolute atomic E-state index is 0.0580. The first-order valence-electron chi connectivity index (χ1n) is 11.0. The second kappa shape index (κ2) is 7.46. The lowest BCUT2D eigenvalue weighted by Crippen LogP contribution is -2.28. The number of rotatable bonds is 2. The third kappa shape index (κ3) is 3.63. The number of β-amino-alcohol motifs (C(OH)–C–C–N with tert-alkyl or cyclic N) is 1. The van der Waals surface area contributed by atoms with Crippen LogP contribution < -0.4 is 9.80 Å². The molecule has 32 heavy (non-hydrogen) atoms. The van der Waals surface area contributed by atoms with Crippen molar-refractivity contribution >= 4 is 32.2 Å². The molecule has 0 unspecified atom stereocenters. The van der Waals surface area contributed by atoms with Crippen LogP contribution in [0.1, 0.15) is 25.0 Å². The number of hydrogen-bond acceptors (Lipinski definition) is 6. The summed E-state index contributed by atoms with van der Waals surface area (Å²) in [6.07, 6.45) is -0.408. The van der Waals surface area contributed by atoms with Gasteiger partial charge in [-0.15, -0.1) is 0 Å². The minimum Gasteiger partial charge on any atom is -0.391 e. The molecule has 3 aromatic rings. The molecule has 1 fully saturated rings. The van der Waals surface area contributed by atoms with Crippen LogP contribution in [0.4, 0.5) is 11.5 Å². The van der Waals surface area contributed by atoms with Crippen molar-refractivity contribution in [1.82, 2.24) is 4.98 Å². The van der Waals surface area contributed by atoms with Gasteiger partial charge in [0.2, 0.25) is 0 Å². The number of aryl methyl sites for hydroxylation is 1. The van der Waals surface area contributed by atoms with Gasteiger partial charge in [0.15, 0.2) is 9.84 Å². The van der Waals surface area contributed by atoms with Gasteiger partial charge in [-0.05, 0) is 30.7 Å². The van der Waals surface area contributed by atoms with Gasteiger partial charge in [0, 0.05) is 48.7 Å². The van der Waals surface area contributed by atoms with E-state index in [1.165, 1.54) is 0 Å². The summed E-state index contributed by atoms with van der Waals surface area (Å²) in [5, 5.41) is 11.7. The molecule has 1 aromatic heterocycles. The predicted octanol–water partition coefficient (Wildman–Crippen LogP) is 3.54. The lowest BCUT2D eigenvalue weighted by molar-refractivity contribution is 0.0964. The Morgan fingerprint density at radius 3 is 2.62 bits per heavy atom. The third-order valence-corrected chi connectivity index (χ3v) is 8.57. The van der Waals surface area contributed by atoms with E-state index in [4.69, 9.17) is 4.98 Å². The number of aromatic nitrogens is 1. The number of pyridine rings is 1. The van der Waals surface area contributed by atoms with Gasteiger partial charge >= 0.3 is 0 Å². The summed E-state index contributed by atoms with van der Waals surface area (Å²) in [5.41, 5.74) is 3.67. The van der Waals surface area contributed by atoms with Crippen molar-refractivity contribution in [3.63, 3.8) is 0 Å². The molecule has 0 saturated carbocycles. The molecule has 0 amide bonds. The number of sulfone groups is 1. The van der Waals surface area contributed by atoms with E-state index in [9.17, 15) is 13.5 Å². The monoisotopic (exact) mass is 451 g/mol. The number of aliphatic hydroxyl groups excluding tert-OH is 1. The van der Waals surface area contributed by atoms with Gasteiger partial charge in [-0.25, -0.2) is 13.4 Å². The maximum atomic E-state index is 12.8. The first kappa shape index (κ1) is 21.2. The first-order chi connectivity index (χ1) is 15.1. The van der Waals surface area contributed by atoms with Gasteiger partial charge in [-0.1, -0.05) is 43.7 Å². The predicted molar refractivity (Wildman–Crippen MR) is 128 cm³/mol. The van der Waals surface area contributed by atoms with Crippen molar-refractivity contribution in [2.75, 3.05) is 35.2 Å². The highest BCUT2D eigenvalue weighted by Gasteiger charge is 2.39. The Labute approximate surface area is 189 Å². The number of nitrogens with zero attached hydrogens (tertiary/aromatic N) is 3. The fourth-order valence-electron chi connectivity index (χ4n) is 4.79. The Morgan fingerprint density at radius 2 is 1.88 bits per heavy atom. The fourth-order valence-corrected chi connectivity index (χ4v) is 6.29. The molecule has 1 atom stereocenters. The summed E-state index contributed by atoms with van der Waals surface area (Å²) in [6.45, 7) is 8.43. The highest BCUT2D eigenvalue weighted by molar-refractivity contribution is 7.91. The summed E-state index contributed by atoms with van der Waals surface area (Å²) in [7, 11) is -3.33. The van der Waals surface area contributed by atoms with Crippen molar-refractivity contribution in [1.29, 1.82) is 0 Å². The second-order valence-corrected chi connectivity index (χ2v) is 11.8. The Hall–Kier alpha value is -2.64. The summed E-state index contributed by atoms with van der Waals surface area (Å²) in [5.74, 6) is 0.824. The van der Waals surface area contributed by atoms with Crippen LogP contribution >= 0.6 is 0 Å². The van der Waals surface area contributed by atoms with Crippen LogP contribution in [-0.2, 0) is 16.4 Å². The molecule has 2 aromatic carbocycles. The van der Waals surface area contributed by atoms with Crippen LogP contribution in [0.25, 0.3) is 10.9 Å². The van der Waals surface area contributed by atoms with Gasteiger partial charge in [-0.3, -0.25) is 0 Å². The average Bonchev–Trinajstić information content (AvgIpc) is 2.94. The zero-order valence-corrected chi connectivity index (χ0v) is 19.6. The maximum absolute atomic E-state index is 12.8. The van der Waals surface area contributed by atoms with Crippen molar-refractivity contribution in [2.24, 2.45) is 5.41 Å². The van der Waals surface area contributed by atoms with Crippen molar-refractivity contribution < 1.29 is 13.5 Å². The maximum Gasteiger partial charge on any atom is 0.180 e. The minimum atomic E-state index is -3.33. The number of hydrogen-bond donors (Lipinski definition) is 1. The highest BCUT2D eigenvalue weighted by Crippen LogP contribution is 2.38. The smallest absolute Gasteiger partial charge is 0.180 e. The van der Waals surface area contributed by atoms with Crippen LogP contribution in [0.2, 0.25) is 0 Å². The van der Waals surface area contributed by atoms with E-state index in [1.54, 1.807) is 12.1 Å². The Morgan fingerprint density at radius 1 is 1.09 bits per heavy atom. The van der Waals surface area contributed by atoms with E-state index in [2.05, 4.69) is 42.7 Å². The Bertz CT molecular complexity index is 1300. The molecule has 3 heterocycles. The van der Waals surface area contributed by atoms with Crippen LogP contribution in [-0.4, -0.2) is 50.0 Å². The normalized spacial score (nSPS) is 22.1.